The first-order valence-corrected chi connectivity index (χ1v) is 5.52. The Balaban J connectivity index is 2.01. The maximum Gasteiger partial charge on any atom is 0.226 e. The van der Waals surface area contributed by atoms with E-state index in [0.29, 0.717) is 0 Å². The lowest BCUT2D eigenvalue weighted by atomic mass is 10.3. The van der Waals surface area contributed by atoms with Crippen molar-refractivity contribution in [1.29, 1.82) is 0 Å². The minimum Gasteiger partial charge on any atom is -0.392 e. The molecule has 5 heteroatoms. The molecule has 0 unspecified atom stereocenters. The van der Waals surface area contributed by atoms with E-state index in [1.807, 2.05) is 35.0 Å². The molecular weight excluding hydrogens is 218 g/mol. The van der Waals surface area contributed by atoms with E-state index < -0.39 is 6.10 Å². The summed E-state index contributed by atoms with van der Waals surface area (Å²) in [6.07, 6.45) is 3.42. The van der Waals surface area contributed by atoms with Crippen LogP contribution in [0, 0.1) is 0 Å². The second kappa shape index (κ2) is 4.97. The van der Waals surface area contributed by atoms with Crippen LogP contribution in [0.2, 0.25) is 0 Å². The lowest BCUT2D eigenvalue weighted by molar-refractivity contribution is -0.120. The molecule has 90 valence electrons. The number of pyridine rings is 1. The molecule has 2 aromatic rings. The highest BCUT2D eigenvalue weighted by atomic mass is 16.3. The van der Waals surface area contributed by atoms with Crippen molar-refractivity contribution in [2.24, 2.45) is 0 Å². The highest BCUT2D eigenvalue weighted by Gasteiger charge is 2.07. The van der Waals surface area contributed by atoms with Crippen LogP contribution in [0.3, 0.4) is 0 Å². The van der Waals surface area contributed by atoms with Crippen LogP contribution >= 0.6 is 0 Å². The van der Waals surface area contributed by atoms with Crippen LogP contribution < -0.4 is 5.32 Å². The quantitative estimate of drug-likeness (QED) is 0.802. The van der Waals surface area contributed by atoms with Crippen molar-refractivity contribution in [3.63, 3.8) is 0 Å². The van der Waals surface area contributed by atoms with Crippen molar-refractivity contribution < 1.29 is 9.90 Å². The molecule has 0 aliphatic heterocycles. The van der Waals surface area contributed by atoms with Gasteiger partial charge in [0.05, 0.1) is 18.2 Å². The summed E-state index contributed by atoms with van der Waals surface area (Å²) in [5.74, 6) is -0.130. The number of hydrogen-bond acceptors (Lipinski definition) is 3. The van der Waals surface area contributed by atoms with Crippen LogP contribution in [-0.2, 0) is 11.2 Å². The van der Waals surface area contributed by atoms with Gasteiger partial charge in [0.25, 0.3) is 0 Å². The fraction of sp³-hybridized carbons (Fsp3) is 0.333. The number of imidazole rings is 1. The molecule has 17 heavy (non-hydrogen) atoms. The van der Waals surface area contributed by atoms with E-state index >= 15 is 0 Å². The molecule has 0 spiro atoms. The van der Waals surface area contributed by atoms with Gasteiger partial charge in [0.2, 0.25) is 5.91 Å². The van der Waals surface area contributed by atoms with Gasteiger partial charge in [-0.1, -0.05) is 6.07 Å². The van der Waals surface area contributed by atoms with Crippen molar-refractivity contribution >= 4 is 11.6 Å². The van der Waals surface area contributed by atoms with Crippen molar-refractivity contribution in [3.05, 3.63) is 36.3 Å². The minimum absolute atomic E-state index is 0.130. The maximum atomic E-state index is 11.5. The molecule has 0 aliphatic rings. The first-order chi connectivity index (χ1) is 8.15. The predicted octanol–water partition coefficient (Wildman–Crippen LogP) is 0.374. The van der Waals surface area contributed by atoms with Crippen LogP contribution in [0.1, 0.15) is 12.6 Å². The SMILES string of the molecule is C[C@@H](O)CNC(=O)Cc1cn2ccccc2n1. The number of nitrogens with one attached hydrogen (secondary N) is 1. The molecule has 0 radical (unpaired) electrons. The standard InChI is InChI=1S/C12H15N3O2/c1-9(16)7-13-12(17)6-10-8-15-5-3-2-4-11(15)14-10/h2-5,8-9,16H,6-7H2,1H3,(H,13,17)/t9-/m1/s1. The maximum absolute atomic E-state index is 11.5. The van der Waals surface area contributed by atoms with Gasteiger partial charge < -0.3 is 14.8 Å². The van der Waals surface area contributed by atoms with Crippen molar-refractivity contribution in [2.75, 3.05) is 6.54 Å². The third-order valence-electron chi connectivity index (χ3n) is 2.35. The number of rotatable bonds is 4. The smallest absolute Gasteiger partial charge is 0.226 e. The number of fused-ring (bicyclic) bond motifs is 1. The molecule has 0 saturated heterocycles. The van der Waals surface area contributed by atoms with E-state index in [-0.39, 0.29) is 18.9 Å². The van der Waals surface area contributed by atoms with E-state index in [4.69, 9.17) is 5.11 Å². The topological polar surface area (TPSA) is 66.6 Å². The van der Waals surface area contributed by atoms with Gasteiger partial charge in [-0.25, -0.2) is 4.98 Å². The monoisotopic (exact) mass is 233 g/mol. The molecule has 5 nitrogen and oxygen atoms in total. The zero-order valence-electron chi connectivity index (χ0n) is 9.63. The second-order valence-corrected chi connectivity index (χ2v) is 4.03. The van der Waals surface area contributed by atoms with Crippen LogP contribution in [0.4, 0.5) is 0 Å². The zero-order chi connectivity index (χ0) is 12.3. The Bertz CT molecular complexity index is 486. The van der Waals surface area contributed by atoms with Crippen molar-refractivity contribution in [1.82, 2.24) is 14.7 Å². The van der Waals surface area contributed by atoms with Crippen LogP contribution in [-0.4, -0.2) is 33.0 Å². The van der Waals surface area contributed by atoms with E-state index in [9.17, 15) is 4.79 Å². The normalized spacial score (nSPS) is 12.6. The summed E-state index contributed by atoms with van der Waals surface area (Å²) in [7, 11) is 0. The first-order valence-electron chi connectivity index (χ1n) is 5.52. The average Bonchev–Trinajstić information content (AvgIpc) is 2.68. The van der Waals surface area contributed by atoms with Gasteiger partial charge >= 0.3 is 0 Å². The molecule has 0 fully saturated rings. The summed E-state index contributed by atoms with van der Waals surface area (Å²) in [4.78, 5) is 15.8. The lowest BCUT2D eigenvalue weighted by Crippen LogP contribution is -2.31. The van der Waals surface area contributed by atoms with E-state index in [0.717, 1.165) is 11.3 Å². The Morgan fingerprint density at radius 2 is 2.41 bits per heavy atom. The van der Waals surface area contributed by atoms with Gasteiger partial charge in [0.1, 0.15) is 5.65 Å². The largest absolute Gasteiger partial charge is 0.392 e. The Morgan fingerprint density at radius 1 is 1.59 bits per heavy atom. The van der Waals surface area contributed by atoms with Gasteiger partial charge in [-0.05, 0) is 19.1 Å². The van der Waals surface area contributed by atoms with E-state index in [1.54, 1.807) is 6.92 Å². The van der Waals surface area contributed by atoms with E-state index in [1.165, 1.54) is 0 Å². The van der Waals surface area contributed by atoms with Gasteiger partial charge in [0, 0.05) is 18.9 Å². The Kier molecular flexibility index (Phi) is 3.39. The summed E-state index contributed by atoms with van der Waals surface area (Å²) in [6.45, 7) is 1.90. The Labute approximate surface area is 99.1 Å². The highest BCUT2D eigenvalue weighted by molar-refractivity contribution is 5.78. The molecule has 0 aliphatic carbocycles. The molecule has 2 N–H and O–H groups in total. The van der Waals surface area contributed by atoms with Gasteiger partial charge in [-0.15, -0.1) is 0 Å². The van der Waals surface area contributed by atoms with Gasteiger partial charge in [-0.3, -0.25) is 4.79 Å². The molecule has 2 rings (SSSR count). The van der Waals surface area contributed by atoms with Crippen molar-refractivity contribution in [3.8, 4) is 0 Å². The second-order valence-electron chi connectivity index (χ2n) is 4.03. The average molecular weight is 233 g/mol. The van der Waals surface area contributed by atoms with Gasteiger partial charge in [0.15, 0.2) is 0 Å². The summed E-state index contributed by atoms with van der Waals surface area (Å²) < 4.78 is 1.87. The summed E-state index contributed by atoms with van der Waals surface area (Å²) >= 11 is 0. The number of aliphatic hydroxyl groups excluding tert-OH is 1. The third-order valence-corrected chi connectivity index (χ3v) is 2.35. The number of amides is 1. The van der Waals surface area contributed by atoms with Crippen LogP contribution in [0.5, 0.6) is 0 Å². The third kappa shape index (κ3) is 3.04. The molecule has 0 saturated carbocycles. The molecule has 0 bridgehead atoms. The Morgan fingerprint density at radius 3 is 3.12 bits per heavy atom. The van der Waals surface area contributed by atoms with Crippen LogP contribution in [0.25, 0.3) is 5.65 Å². The number of aliphatic hydroxyl groups is 1. The number of carbonyl (C=O) groups excluding carboxylic acids is 1. The van der Waals surface area contributed by atoms with Gasteiger partial charge in [-0.2, -0.15) is 0 Å². The number of nitrogens with zero attached hydrogens (tertiary/aromatic N) is 2. The fourth-order valence-electron chi connectivity index (χ4n) is 1.56. The summed E-state index contributed by atoms with van der Waals surface area (Å²) in [6, 6.07) is 5.70. The van der Waals surface area contributed by atoms with E-state index in [2.05, 4.69) is 10.3 Å². The lowest BCUT2D eigenvalue weighted by Gasteiger charge is -2.05. The Hall–Kier alpha value is -1.88. The molecular formula is C12H15N3O2. The number of aromatic nitrogens is 2. The fourth-order valence-corrected chi connectivity index (χ4v) is 1.56. The van der Waals surface area contributed by atoms with Crippen LogP contribution in [0.15, 0.2) is 30.6 Å². The molecule has 1 atom stereocenters. The molecule has 2 aromatic heterocycles. The first kappa shape index (κ1) is 11.6. The summed E-state index contributed by atoms with van der Waals surface area (Å²) in [5, 5.41) is 11.7. The minimum atomic E-state index is -0.528. The number of hydrogen-bond donors (Lipinski definition) is 2. The highest BCUT2D eigenvalue weighted by Crippen LogP contribution is 2.04. The zero-order valence-corrected chi connectivity index (χ0v) is 9.63. The predicted molar refractivity (Wildman–Crippen MR) is 63.6 cm³/mol. The number of carbonyl (C=O) groups is 1. The summed E-state index contributed by atoms with van der Waals surface area (Å²) in [5.41, 5.74) is 1.55. The molecule has 2 heterocycles. The van der Waals surface area contributed by atoms with Crippen molar-refractivity contribution in [2.45, 2.75) is 19.4 Å². The molecule has 0 aromatic carbocycles. The molecule has 1 amide bonds.